The topological polar surface area (TPSA) is 85.1 Å². The van der Waals surface area contributed by atoms with E-state index < -0.39 is 5.97 Å². The first-order valence-corrected chi connectivity index (χ1v) is 10.5. The van der Waals surface area contributed by atoms with Crippen LogP contribution in [-0.2, 0) is 13.0 Å². The highest BCUT2D eigenvalue weighted by Gasteiger charge is 2.18. The molecule has 0 fully saturated rings. The molecule has 6 nitrogen and oxygen atoms in total. The number of carbonyl (C=O) groups is 2. The van der Waals surface area contributed by atoms with Gasteiger partial charge in [0.15, 0.2) is 0 Å². The van der Waals surface area contributed by atoms with E-state index in [1.54, 1.807) is 35.0 Å². The summed E-state index contributed by atoms with van der Waals surface area (Å²) in [4.78, 5) is 28.8. The lowest BCUT2D eigenvalue weighted by molar-refractivity contribution is 0.0697. The second kappa shape index (κ2) is 9.39. The quantitative estimate of drug-likeness (QED) is 0.407. The molecule has 0 bridgehead atoms. The van der Waals surface area contributed by atoms with Gasteiger partial charge in [0, 0.05) is 12.0 Å². The van der Waals surface area contributed by atoms with Crippen molar-refractivity contribution in [1.82, 2.24) is 14.8 Å². The molecule has 0 saturated carbocycles. The Hall–Kier alpha value is -4.06. The monoisotopic (exact) mass is 425 g/mol. The van der Waals surface area contributed by atoms with Crippen LogP contribution in [0.5, 0.6) is 0 Å². The summed E-state index contributed by atoms with van der Waals surface area (Å²) in [5, 5.41) is 13.9. The molecule has 0 aliphatic rings. The standard InChI is InChI=1S/C26H23N3O3/c1-2-8-23-27-25(24(30)20-9-4-3-5-10-20)28-29(23)17-18-13-15-19(16-14-18)21-11-6-7-12-22(21)26(31)32/h3-7,9-16H,2,8,17H2,1H3,(H,31,32). The summed E-state index contributed by atoms with van der Waals surface area (Å²) in [5.41, 5.74) is 3.33. The first kappa shape index (κ1) is 21.2. The van der Waals surface area contributed by atoms with E-state index in [1.165, 1.54) is 0 Å². The Morgan fingerprint density at radius 1 is 0.906 bits per heavy atom. The molecule has 0 radical (unpaired) electrons. The molecule has 0 aliphatic carbocycles. The summed E-state index contributed by atoms with van der Waals surface area (Å²) in [5.74, 6) is -0.173. The molecular weight excluding hydrogens is 402 g/mol. The number of hydrogen-bond acceptors (Lipinski definition) is 4. The lowest BCUT2D eigenvalue weighted by atomic mass is 9.99. The van der Waals surface area contributed by atoms with Crippen molar-refractivity contribution < 1.29 is 14.7 Å². The van der Waals surface area contributed by atoms with Crippen molar-refractivity contribution in [2.45, 2.75) is 26.3 Å². The maximum atomic E-state index is 12.8. The van der Waals surface area contributed by atoms with Crippen LogP contribution in [0.3, 0.4) is 0 Å². The van der Waals surface area contributed by atoms with Gasteiger partial charge in [-0.15, -0.1) is 5.10 Å². The van der Waals surface area contributed by atoms with E-state index in [1.807, 2.05) is 48.5 Å². The molecule has 1 heterocycles. The number of carbonyl (C=O) groups excluding carboxylic acids is 1. The first-order valence-electron chi connectivity index (χ1n) is 10.5. The number of hydrogen-bond donors (Lipinski definition) is 1. The van der Waals surface area contributed by atoms with Gasteiger partial charge in [0.05, 0.1) is 12.1 Å². The van der Waals surface area contributed by atoms with Crippen molar-refractivity contribution in [3.8, 4) is 11.1 Å². The summed E-state index contributed by atoms with van der Waals surface area (Å²) in [6, 6.07) is 23.7. The van der Waals surface area contributed by atoms with E-state index in [0.717, 1.165) is 29.8 Å². The van der Waals surface area contributed by atoms with Crippen molar-refractivity contribution in [2.24, 2.45) is 0 Å². The molecular formula is C26H23N3O3. The van der Waals surface area contributed by atoms with Crippen molar-refractivity contribution >= 4 is 11.8 Å². The van der Waals surface area contributed by atoms with Crippen LogP contribution in [0.1, 0.15) is 51.3 Å². The van der Waals surface area contributed by atoms with Crippen LogP contribution in [0.15, 0.2) is 78.9 Å². The molecule has 0 saturated heterocycles. The van der Waals surface area contributed by atoms with Crippen LogP contribution in [0.25, 0.3) is 11.1 Å². The number of benzene rings is 3. The van der Waals surface area contributed by atoms with Crippen LogP contribution in [0.2, 0.25) is 0 Å². The number of carboxylic acid groups (broad SMARTS) is 1. The largest absolute Gasteiger partial charge is 0.478 e. The number of aromatic nitrogens is 3. The number of aromatic carboxylic acids is 1. The van der Waals surface area contributed by atoms with Gasteiger partial charge in [-0.1, -0.05) is 79.7 Å². The molecule has 0 aliphatic heterocycles. The third kappa shape index (κ3) is 4.49. The fraction of sp³-hybridized carbons (Fsp3) is 0.154. The van der Waals surface area contributed by atoms with Crippen LogP contribution in [0, 0.1) is 0 Å². The highest BCUT2D eigenvalue weighted by molar-refractivity contribution is 6.06. The van der Waals surface area contributed by atoms with Crippen LogP contribution in [0.4, 0.5) is 0 Å². The summed E-state index contributed by atoms with van der Waals surface area (Å²) >= 11 is 0. The molecule has 0 amide bonds. The SMILES string of the molecule is CCCc1nc(C(=O)c2ccccc2)nn1Cc1ccc(-c2ccccc2C(=O)O)cc1. The van der Waals surface area contributed by atoms with Gasteiger partial charge in [0.1, 0.15) is 5.82 Å². The van der Waals surface area contributed by atoms with E-state index in [4.69, 9.17) is 0 Å². The fourth-order valence-corrected chi connectivity index (χ4v) is 3.61. The van der Waals surface area contributed by atoms with Gasteiger partial charge in [0.2, 0.25) is 11.6 Å². The average Bonchev–Trinajstić information content (AvgIpc) is 3.22. The number of nitrogens with zero attached hydrogens (tertiary/aromatic N) is 3. The van der Waals surface area contributed by atoms with Gasteiger partial charge in [-0.25, -0.2) is 14.5 Å². The molecule has 0 atom stereocenters. The minimum atomic E-state index is -0.952. The predicted molar refractivity (Wildman–Crippen MR) is 122 cm³/mol. The summed E-state index contributed by atoms with van der Waals surface area (Å²) in [6.07, 6.45) is 1.61. The van der Waals surface area contributed by atoms with Gasteiger partial charge < -0.3 is 5.11 Å². The molecule has 1 N–H and O–H groups in total. The molecule has 4 aromatic rings. The van der Waals surface area contributed by atoms with E-state index in [0.29, 0.717) is 17.7 Å². The lowest BCUT2D eigenvalue weighted by Gasteiger charge is -2.09. The Kier molecular flexibility index (Phi) is 6.22. The maximum absolute atomic E-state index is 12.8. The second-order valence-corrected chi connectivity index (χ2v) is 7.50. The predicted octanol–water partition coefficient (Wildman–Crippen LogP) is 4.88. The van der Waals surface area contributed by atoms with Gasteiger partial charge in [-0.3, -0.25) is 4.79 Å². The second-order valence-electron chi connectivity index (χ2n) is 7.50. The summed E-state index contributed by atoms with van der Waals surface area (Å²) in [7, 11) is 0. The van der Waals surface area contributed by atoms with E-state index in [2.05, 4.69) is 17.0 Å². The Balaban J connectivity index is 1.60. The highest BCUT2D eigenvalue weighted by Crippen LogP contribution is 2.24. The smallest absolute Gasteiger partial charge is 0.336 e. The Bertz CT molecular complexity index is 1250. The molecule has 0 spiro atoms. The van der Waals surface area contributed by atoms with E-state index in [9.17, 15) is 14.7 Å². The highest BCUT2D eigenvalue weighted by atomic mass is 16.4. The fourth-order valence-electron chi connectivity index (χ4n) is 3.61. The third-order valence-corrected chi connectivity index (χ3v) is 5.22. The molecule has 0 unspecified atom stereocenters. The van der Waals surface area contributed by atoms with Crippen molar-refractivity contribution in [3.63, 3.8) is 0 Å². The van der Waals surface area contributed by atoms with E-state index >= 15 is 0 Å². The molecule has 4 rings (SSSR count). The zero-order chi connectivity index (χ0) is 22.5. The van der Waals surface area contributed by atoms with Gasteiger partial charge in [-0.05, 0) is 29.2 Å². The Morgan fingerprint density at radius 2 is 1.59 bits per heavy atom. The van der Waals surface area contributed by atoms with Gasteiger partial charge >= 0.3 is 5.97 Å². The van der Waals surface area contributed by atoms with Crippen LogP contribution >= 0.6 is 0 Å². The zero-order valence-electron chi connectivity index (χ0n) is 17.7. The maximum Gasteiger partial charge on any atom is 0.336 e. The number of ketones is 1. The van der Waals surface area contributed by atoms with Crippen LogP contribution < -0.4 is 0 Å². The zero-order valence-corrected chi connectivity index (χ0v) is 17.7. The minimum absolute atomic E-state index is 0.192. The van der Waals surface area contributed by atoms with Crippen molar-refractivity contribution in [3.05, 3.63) is 107 Å². The van der Waals surface area contributed by atoms with Crippen molar-refractivity contribution in [1.29, 1.82) is 0 Å². The molecule has 160 valence electrons. The number of carboxylic acids is 1. The summed E-state index contributed by atoms with van der Waals surface area (Å²) < 4.78 is 1.78. The van der Waals surface area contributed by atoms with Gasteiger partial charge in [-0.2, -0.15) is 0 Å². The Labute approximate surface area is 186 Å². The van der Waals surface area contributed by atoms with Gasteiger partial charge in [0.25, 0.3) is 0 Å². The molecule has 1 aromatic heterocycles. The third-order valence-electron chi connectivity index (χ3n) is 5.22. The average molecular weight is 425 g/mol. The number of aryl methyl sites for hydroxylation is 1. The Morgan fingerprint density at radius 3 is 2.28 bits per heavy atom. The van der Waals surface area contributed by atoms with E-state index in [-0.39, 0.29) is 17.2 Å². The summed E-state index contributed by atoms with van der Waals surface area (Å²) in [6.45, 7) is 2.54. The lowest BCUT2D eigenvalue weighted by Crippen LogP contribution is -2.08. The normalized spacial score (nSPS) is 10.8. The molecule has 6 heteroatoms. The number of rotatable bonds is 8. The first-order chi connectivity index (χ1) is 15.6. The van der Waals surface area contributed by atoms with Crippen molar-refractivity contribution in [2.75, 3.05) is 0 Å². The molecule has 32 heavy (non-hydrogen) atoms. The molecule has 3 aromatic carbocycles. The van der Waals surface area contributed by atoms with Crippen LogP contribution in [-0.4, -0.2) is 31.6 Å². The minimum Gasteiger partial charge on any atom is -0.478 e.